The Kier molecular flexibility index (Phi) is 5.27. The first kappa shape index (κ1) is 18.4. The van der Waals surface area contributed by atoms with Gasteiger partial charge in [-0.2, -0.15) is 0 Å². The van der Waals surface area contributed by atoms with E-state index in [1.165, 1.54) is 36.3 Å². The molecule has 5 nitrogen and oxygen atoms in total. The van der Waals surface area contributed by atoms with Crippen molar-refractivity contribution in [2.45, 2.75) is 0 Å². The molecule has 26 heavy (non-hydrogen) atoms. The van der Waals surface area contributed by atoms with Gasteiger partial charge in [0.25, 0.3) is 11.8 Å². The SMILES string of the molecule is COc1ccccc1/C=C1\C(=O)NC(=S)N(c2cc(Cl)cc(Cl)c2)C1=O. The summed E-state index contributed by atoms with van der Waals surface area (Å²) in [6.07, 6.45) is 1.46. The summed E-state index contributed by atoms with van der Waals surface area (Å²) in [5.74, 6) is -0.635. The molecule has 1 heterocycles. The highest BCUT2D eigenvalue weighted by Crippen LogP contribution is 2.29. The third-order valence-electron chi connectivity index (χ3n) is 3.65. The van der Waals surface area contributed by atoms with Gasteiger partial charge in [-0.15, -0.1) is 0 Å². The zero-order valence-electron chi connectivity index (χ0n) is 13.5. The van der Waals surface area contributed by atoms with Gasteiger partial charge in [-0.1, -0.05) is 41.4 Å². The summed E-state index contributed by atoms with van der Waals surface area (Å²) in [6.45, 7) is 0. The van der Waals surface area contributed by atoms with E-state index >= 15 is 0 Å². The molecule has 0 bridgehead atoms. The number of methoxy groups -OCH3 is 1. The Morgan fingerprint density at radius 2 is 1.77 bits per heavy atom. The van der Waals surface area contributed by atoms with Gasteiger partial charge in [0, 0.05) is 15.6 Å². The summed E-state index contributed by atoms with van der Waals surface area (Å²) in [7, 11) is 1.51. The average molecular weight is 407 g/mol. The number of carbonyl (C=O) groups excluding carboxylic acids is 2. The molecule has 0 spiro atoms. The van der Waals surface area contributed by atoms with Crippen LogP contribution in [0, 0.1) is 0 Å². The molecule has 132 valence electrons. The van der Waals surface area contributed by atoms with Crippen molar-refractivity contribution in [3.05, 3.63) is 63.6 Å². The van der Waals surface area contributed by atoms with E-state index in [0.29, 0.717) is 27.0 Å². The first-order valence-corrected chi connectivity index (χ1v) is 8.57. The number of carbonyl (C=O) groups is 2. The number of rotatable bonds is 3. The zero-order valence-corrected chi connectivity index (χ0v) is 15.8. The van der Waals surface area contributed by atoms with Crippen molar-refractivity contribution in [2.24, 2.45) is 0 Å². The van der Waals surface area contributed by atoms with Gasteiger partial charge in [-0.3, -0.25) is 19.8 Å². The van der Waals surface area contributed by atoms with E-state index in [4.69, 9.17) is 40.2 Å². The number of hydrogen-bond acceptors (Lipinski definition) is 4. The molecule has 2 aromatic carbocycles. The number of para-hydroxylation sites is 1. The molecule has 1 N–H and O–H groups in total. The Hall–Kier alpha value is -2.41. The van der Waals surface area contributed by atoms with Crippen molar-refractivity contribution in [3.8, 4) is 5.75 Å². The van der Waals surface area contributed by atoms with Gasteiger partial charge in [-0.25, -0.2) is 0 Å². The predicted molar refractivity (Wildman–Crippen MR) is 106 cm³/mol. The normalized spacial score (nSPS) is 16.0. The molecule has 0 saturated carbocycles. The molecule has 0 radical (unpaired) electrons. The Morgan fingerprint density at radius 3 is 2.42 bits per heavy atom. The van der Waals surface area contributed by atoms with Crippen LogP contribution in [0.5, 0.6) is 5.75 Å². The molecule has 1 aliphatic rings. The summed E-state index contributed by atoms with van der Waals surface area (Å²) in [5, 5.41) is 3.15. The van der Waals surface area contributed by atoms with Crippen LogP contribution in [0.3, 0.4) is 0 Å². The largest absolute Gasteiger partial charge is 0.496 e. The molecule has 1 saturated heterocycles. The van der Waals surface area contributed by atoms with Crippen molar-refractivity contribution in [1.82, 2.24) is 5.32 Å². The molecule has 2 amide bonds. The highest BCUT2D eigenvalue weighted by Gasteiger charge is 2.34. The summed E-state index contributed by atoms with van der Waals surface area (Å²) in [5.41, 5.74) is 0.869. The maximum Gasteiger partial charge on any atom is 0.270 e. The molecular weight excluding hydrogens is 395 g/mol. The van der Waals surface area contributed by atoms with Gasteiger partial charge in [0.05, 0.1) is 12.8 Å². The lowest BCUT2D eigenvalue weighted by Crippen LogP contribution is -2.54. The lowest BCUT2D eigenvalue weighted by Gasteiger charge is -2.29. The highest BCUT2D eigenvalue weighted by molar-refractivity contribution is 7.80. The molecule has 3 rings (SSSR count). The van der Waals surface area contributed by atoms with E-state index < -0.39 is 11.8 Å². The van der Waals surface area contributed by atoms with Gasteiger partial charge < -0.3 is 4.74 Å². The van der Waals surface area contributed by atoms with Crippen LogP contribution < -0.4 is 15.0 Å². The molecule has 2 aromatic rings. The number of nitrogens with one attached hydrogen (secondary N) is 1. The summed E-state index contributed by atoms with van der Waals surface area (Å²) in [6, 6.07) is 11.6. The quantitative estimate of drug-likeness (QED) is 0.477. The number of thiocarbonyl (C=S) groups is 1. The van der Waals surface area contributed by atoms with Gasteiger partial charge in [0.1, 0.15) is 11.3 Å². The van der Waals surface area contributed by atoms with E-state index in [9.17, 15) is 9.59 Å². The van der Waals surface area contributed by atoms with Crippen molar-refractivity contribution < 1.29 is 14.3 Å². The number of anilines is 1. The molecular formula is C18H12Cl2N2O3S. The van der Waals surface area contributed by atoms with E-state index in [1.807, 2.05) is 0 Å². The number of ether oxygens (including phenoxy) is 1. The van der Waals surface area contributed by atoms with Crippen molar-refractivity contribution in [3.63, 3.8) is 0 Å². The second kappa shape index (κ2) is 7.45. The molecule has 1 aliphatic heterocycles. The number of hydrogen-bond donors (Lipinski definition) is 1. The molecule has 0 aromatic heterocycles. The Balaban J connectivity index is 2.07. The number of nitrogens with zero attached hydrogens (tertiary/aromatic N) is 1. The minimum Gasteiger partial charge on any atom is -0.496 e. The van der Waals surface area contributed by atoms with Crippen molar-refractivity contribution in [2.75, 3.05) is 12.0 Å². The topological polar surface area (TPSA) is 58.6 Å². The second-order valence-electron chi connectivity index (χ2n) is 5.33. The second-order valence-corrected chi connectivity index (χ2v) is 6.59. The predicted octanol–water partition coefficient (Wildman–Crippen LogP) is 3.83. The van der Waals surface area contributed by atoms with Gasteiger partial charge in [0.15, 0.2) is 5.11 Å². The molecule has 0 unspecified atom stereocenters. The average Bonchev–Trinajstić information content (AvgIpc) is 2.58. The van der Waals surface area contributed by atoms with Crippen LogP contribution in [-0.2, 0) is 9.59 Å². The highest BCUT2D eigenvalue weighted by atomic mass is 35.5. The molecule has 0 atom stereocenters. The Morgan fingerprint density at radius 1 is 1.12 bits per heavy atom. The zero-order chi connectivity index (χ0) is 18.8. The summed E-state index contributed by atoms with van der Waals surface area (Å²) < 4.78 is 5.26. The van der Waals surface area contributed by atoms with Crippen LogP contribution >= 0.6 is 35.4 Å². The number of benzene rings is 2. The van der Waals surface area contributed by atoms with E-state index in [-0.39, 0.29) is 10.7 Å². The monoisotopic (exact) mass is 406 g/mol. The smallest absolute Gasteiger partial charge is 0.270 e. The maximum atomic E-state index is 13.0. The van der Waals surface area contributed by atoms with Crippen LogP contribution in [-0.4, -0.2) is 24.0 Å². The minimum atomic E-state index is -0.588. The summed E-state index contributed by atoms with van der Waals surface area (Å²) in [4.78, 5) is 26.5. The molecule has 0 aliphatic carbocycles. The fourth-order valence-electron chi connectivity index (χ4n) is 2.50. The fourth-order valence-corrected chi connectivity index (χ4v) is 3.30. The van der Waals surface area contributed by atoms with Crippen LogP contribution in [0.2, 0.25) is 10.0 Å². The van der Waals surface area contributed by atoms with E-state index in [2.05, 4.69) is 5.32 Å². The Bertz CT molecular complexity index is 939. The standard InChI is InChI=1S/C18H12Cl2N2O3S/c1-25-15-5-3-2-4-10(15)6-14-16(23)21-18(26)22(17(14)24)13-8-11(19)7-12(20)9-13/h2-9H,1H3,(H,21,23,26)/b14-6+. The number of halogens is 2. The molecule has 1 fully saturated rings. The van der Waals surface area contributed by atoms with Crippen molar-refractivity contribution >= 4 is 64.1 Å². The maximum absolute atomic E-state index is 13.0. The van der Waals surface area contributed by atoms with Crippen LogP contribution in [0.4, 0.5) is 5.69 Å². The fraction of sp³-hybridized carbons (Fsp3) is 0.0556. The van der Waals surface area contributed by atoms with Gasteiger partial charge >= 0.3 is 0 Å². The van der Waals surface area contributed by atoms with Crippen molar-refractivity contribution in [1.29, 1.82) is 0 Å². The lowest BCUT2D eigenvalue weighted by atomic mass is 10.1. The van der Waals surface area contributed by atoms with E-state index in [1.54, 1.807) is 24.3 Å². The third kappa shape index (κ3) is 3.58. The van der Waals surface area contributed by atoms with Crippen LogP contribution in [0.25, 0.3) is 6.08 Å². The van der Waals surface area contributed by atoms with E-state index in [0.717, 1.165) is 0 Å². The lowest BCUT2D eigenvalue weighted by molar-refractivity contribution is -0.122. The van der Waals surface area contributed by atoms with Gasteiger partial charge in [0.2, 0.25) is 0 Å². The molecule has 8 heteroatoms. The van der Waals surface area contributed by atoms with Crippen LogP contribution in [0.1, 0.15) is 5.56 Å². The Labute approximate surface area is 165 Å². The van der Waals surface area contributed by atoms with Crippen LogP contribution in [0.15, 0.2) is 48.0 Å². The first-order valence-electron chi connectivity index (χ1n) is 7.41. The number of amides is 2. The third-order valence-corrected chi connectivity index (χ3v) is 4.37. The minimum absolute atomic E-state index is 0.0458. The first-order chi connectivity index (χ1) is 12.4. The summed E-state index contributed by atoms with van der Waals surface area (Å²) >= 11 is 17.2. The van der Waals surface area contributed by atoms with Gasteiger partial charge in [-0.05, 0) is 42.6 Å².